The SMILES string of the molecule is Cc1ccc(S(=O)(=O)N[C@H]2CC[C@H](O)CC2)cc1-c1cnc2c(N)nc(-c3cccc(F)c3)cn12. The van der Waals surface area contributed by atoms with Crippen molar-refractivity contribution in [3.63, 3.8) is 0 Å². The van der Waals surface area contributed by atoms with Crippen LogP contribution in [0.5, 0.6) is 0 Å². The van der Waals surface area contributed by atoms with Crippen molar-refractivity contribution in [1.29, 1.82) is 0 Å². The minimum atomic E-state index is -3.77. The molecule has 0 unspecified atom stereocenters. The van der Waals surface area contributed by atoms with Crippen molar-refractivity contribution in [1.82, 2.24) is 19.1 Å². The Morgan fingerprint density at radius 3 is 2.66 bits per heavy atom. The number of sulfonamides is 1. The largest absolute Gasteiger partial charge is 0.393 e. The zero-order valence-electron chi connectivity index (χ0n) is 19.1. The minimum absolute atomic E-state index is 0.145. The molecule has 182 valence electrons. The fourth-order valence-corrected chi connectivity index (χ4v) is 5.85. The number of nitrogens with one attached hydrogen (secondary N) is 1. The van der Waals surface area contributed by atoms with E-state index in [1.807, 2.05) is 6.92 Å². The van der Waals surface area contributed by atoms with Gasteiger partial charge in [0.25, 0.3) is 0 Å². The first-order chi connectivity index (χ1) is 16.7. The van der Waals surface area contributed by atoms with Gasteiger partial charge in [-0.2, -0.15) is 0 Å². The van der Waals surface area contributed by atoms with Crippen LogP contribution in [-0.2, 0) is 10.0 Å². The molecule has 1 aliphatic rings. The molecule has 4 N–H and O–H groups in total. The third-order valence-corrected chi connectivity index (χ3v) is 7.97. The summed E-state index contributed by atoms with van der Waals surface area (Å²) in [4.78, 5) is 8.91. The number of aromatic nitrogens is 3. The molecule has 2 heterocycles. The van der Waals surface area contributed by atoms with Crippen LogP contribution in [0.15, 0.2) is 59.8 Å². The number of hydrogen-bond donors (Lipinski definition) is 3. The van der Waals surface area contributed by atoms with Gasteiger partial charge in [0.15, 0.2) is 11.5 Å². The van der Waals surface area contributed by atoms with Crippen LogP contribution >= 0.6 is 0 Å². The van der Waals surface area contributed by atoms with Gasteiger partial charge in [0.1, 0.15) is 5.82 Å². The van der Waals surface area contributed by atoms with E-state index < -0.39 is 10.0 Å². The molecule has 8 nitrogen and oxygen atoms in total. The highest BCUT2D eigenvalue weighted by atomic mass is 32.2. The number of halogens is 1. The maximum Gasteiger partial charge on any atom is 0.240 e. The lowest BCUT2D eigenvalue weighted by molar-refractivity contribution is 0.120. The summed E-state index contributed by atoms with van der Waals surface area (Å²) in [5.41, 5.74) is 9.79. The van der Waals surface area contributed by atoms with E-state index >= 15 is 0 Å². The molecule has 0 atom stereocenters. The molecule has 2 aromatic carbocycles. The summed E-state index contributed by atoms with van der Waals surface area (Å²) < 4.78 is 44.6. The quantitative estimate of drug-likeness (QED) is 0.388. The summed E-state index contributed by atoms with van der Waals surface area (Å²) in [6, 6.07) is 10.8. The molecule has 2 aromatic heterocycles. The molecule has 0 radical (unpaired) electrons. The molecule has 0 bridgehead atoms. The van der Waals surface area contributed by atoms with E-state index in [9.17, 15) is 17.9 Å². The zero-order valence-corrected chi connectivity index (χ0v) is 20.0. The van der Waals surface area contributed by atoms with Crippen molar-refractivity contribution in [2.24, 2.45) is 0 Å². The first-order valence-electron chi connectivity index (χ1n) is 11.4. The van der Waals surface area contributed by atoms with E-state index in [4.69, 9.17) is 5.73 Å². The van der Waals surface area contributed by atoms with E-state index in [0.717, 1.165) is 5.56 Å². The van der Waals surface area contributed by atoms with Gasteiger partial charge < -0.3 is 10.8 Å². The molecular weight excluding hydrogens is 469 g/mol. The van der Waals surface area contributed by atoms with Crippen LogP contribution in [0.1, 0.15) is 31.2 Å². The second kappa shape index (κ2) is 9.03. The Kier molecular flexibility index (Phi) is 6.04. The molecule has 5 rings (SSSR count). The molecule has 0 aliphatic heterocycles. The number of fused-ring (bicyclic) bond motifs is 1. The topological polar surface area (TPSA) is 123 Å². The van der Waals surface area contributed by atoms with Gasteiger partial charge in [0, 0.05) is 23.4 Å². The monoisotopic (exact) mass is 495 g/mol. The molecule has 4 aromatic rings. The Hall–Kier alpha value is -3.34. The number of imidazole rings is 1. The van der Waals surface area contributed by atoms with Crippen LogP contribution in [0.3, 0.4) is 0 Å². The van der Waals surface area contributed by atoms with Crippen LogP contribution in [0.4, 0.5) is 10.2 Å². The normalized spacial score (nSPS) is 18.7. The lowest BCUT2D eigenvalue weighted by Crippen LogP contribution is -2.38. The lowest BCUT2D eigenvalue weighted by atomic mass is 9.94. The minimum Gasteiger partial charge on any atom is -0.393 e. The Morgan fingerprint density at radius 1 is 1.14 bits per heavy atom. The Balaban J connectivity index is 1.55. The molecule has 1 fully saturated rings. The highest BCUT2D eigenvalue weighted by Crippen LogP contribution is 2.31. The highest BCUT2D eigenvalue weighted by molar-refractivity contribution is 7.89. The van der Waals surface area contributed by atoms with E-state index in [0.29, 0.717) is 53.8 Å². The fourth-order valence-electron chi connectivity index (χ4n) is 4.52. The second-order valence-electron chi connectivity index (χ2n) is 8.96. The summed E-state index contributed by atoms with van der Waals surface area (Å²) in [7, 11) is -3.77. The number of nitrogens with two attached hydrogens (primary N) is 1. The van der Waals surface area contributed by atoms with Crippen molar-refractivity contribution in [3.05, 3.63) is 66.2 Å². The predicted molar refractivity (Wildman–Crippen MR) is 132 cm³/mol. The van der Waals surface area contributed by atoms with Gasteiger partial charge in [-0.1, -0.05) is 18.2 Å². The standard InChI is InChI=1S/C25H26FN5O3S/c1-15-5-10-20(35(33,34)30-18-6-8-19(32)9-7-18)12-21(15)23-13-28-25-24(27)29-22(14-31(23)25)16-3-2-4-17(26)11-16/h2-5,10-14,18-19,30,32H,6-9H2,1H3,(H2,27,29)/t18-,19-. The van der Waals surface area contributed by atoms with E-state index in [1.54, 1.807) is 47.1 Å². The number of benzene rings is 2. The number of nitrogen functional groups attached to an aromatic ring is 1. The van der Waals surface area contributed by atoms with Crippen LogP contribution < -0.4 is 10.5 Å². The van der Waals surface area contributed by atoms with Gasteiger partial charge in [-0.05, 0) is 62.4 Å². The number of anilines is 1. The lowest BCUT2D eigenvalue weighted by Gasteiger charge is -2.26. The third-order valence-electron chi connectivity index (χ3n) is 6.45. The number of hydrogen-bond acceptors (Lipinski definition) is 6. The second-order valence-corrected chi connectivity index (χ2v) is 10.7. The number of aliphatic hydroxyl groups is 1. The average molecular weight is 496 g/mol. The summed E-state index contributed by atoms with van der Waals surface area (Å²) in [6.07, 6.45) is 5.33. The molecule has 1 aliphatic carbocycles. The number of aryl methyl sites for hydroxylation is 1. The molecular formula is C25H26FN5O3S. The summed E-state index contributed by atoms with van der Waals surface area (Å²) in [5.74, 6) is -0.205. The Labute approximate surface area is 202 Å². The number of rotatable bonds is 5. The molecule has 10 heteroatoms. The van der Waals surface area contributed by atoms with Gasteiger partial charge >= 0.3 is 0 Å². The van der Waals surface area contributed by atoms with E-state index in [-0.39, 0.29) is 28.7 Å². The zero-order chi connectivity index (χ0) is 24.7. The molecule has 35 heavy (non-hydrogen) atoms. The highest BCUT2D eigenvalue weighted by Gasteiger charge is 2.25. The first kappa shape index (κ1) is 23.4. The van der Waals surface area contributed by atoms with E-state index in [2.05, 4.69) is 14.7 Å². The Morgan fingerprint density at radius 2 is 1.91 bits per heavy atom. The summed E-state index contributed by atoms with van der Waals surface area (Å²) >= 11 is 0. The van der Waals surface area contributed by atoms with Crippen molar-refractivity contribution < 1.29 is 17.9 Å². The number of aliphatic hydroxyl groups excluding tert-OH is 1. The van der Waals surface area contributed by atoms with Crippen LogP contribution in [0, 0.1) is 12.7 Å². The first-order valence-corrected chi connectivity index (χ1v) is 12.9. The molecule has 0 amide bonds. The van der Waals surface area contributed by atoms with E-state index in [1.165, 1.54) is 12.1 Å². The summed E-state index contributed by atoms with van der Waals surface area (Å²) in [5, 5.41) is 9.71. The predicted octanol–water partition coefficient (Wildman–Crippen LogP) is 3.67. The maximum absolute atomic E-state index is 13.8. The van der Waals surface area contributed by atoms with Gasteiger partial charge in [-0.3, -0.25) is 4.40 Å². The maximum atomic E-state index is 13.8. The molecule has 0 spiro atoms. The Bertz CT molecular complexity index is 1510. The molecule has 1 saturated carbocycles. The van der Waals surface area contributed by atoms with Crippen LogP contribution in [-0.4, -0.2) is 40.0 Å². The van der Waals surface area contributed by atoms with Crippen molar-refractivity contribution in [2.75, 3.05) is 5.73 Å². The fraction of sp³-hybridized carbons (Fsp3) is 0.280. The van der Waals surface area contributed by atoms with Gasteiger partial charge in [-0.15, -0.1) is 0 Å². The summed E-state index contributed by atoms with van der Waals surface area (Å²) in [6.45, 7) is 1.89. The molecule has 0 saturated heterocycles. The van der Waals surface area contributed by atoms with Crippen LogP contribution in [0.2, 0.25) is 0 Å². The number of nitrogens with zero attached hydrogens (tertiary/aromatic N) is 3. The van der Waals surface area contributed by atoms with Gasteiger partial charge in [0.05, 0.1) is 28.6 Å². The van der Waals surface area contributed by atoms with Crippen molar-refractivity contribution in [2.45, 2.75) is 49.6 Å². The average Bonchev–Trinajstić information content (AvgIpc) is 3.25. The van der Waals surface area contributed by atoms with Gasteiger partial charge in [-0.25, -0.2) is 27.5 Å². The van der Waals surface area contributed by atoms with Crippen LogP contribution in [0.25, 0.3) is 28.2 Å². The van der Waals surface area contributed by atoms with Crippen molar-refractivity contribution >= 4 is 21.5 Å². The third kappa shape index (κ3) is 4.64. The van der Waals surface area contributed by atoms with Crippen molar-refractivity contribution in [3.8, 4) is 22.5 Å². The smallest absolute Gasteiger partial charge is 0.240 e. The van der Waals surface area contributed by atoms with Gasteiger partial charge in [0.2, 0.25) is 10.0 Å².